The van der Waals surface area contributed by atoms with Gasteiger partial charge < -0.3 is 5.73 Å². The molecule has 0 spiro atoms. The highest BCUT2D eigenvalue weighted by atomic mass is 16.1. The Hall–Kier alpha value is -2.61. The van der Waals surface area contributed by atoms with Gasteiger partial charge in [0.25, 0.3) is 0 Å². The second kappa shape index (κ2) is 7.59. The molecule has 23 heavy (non-hydrogen) atoms. The summed E-state index contributed by atoms with van der Waals surface area (Å²) in [6.07, 6.45) is 5.09. The molecule has 0 aromatic heterocycles. The number of carbonyl (C=O) groups excluding carboxylic acids is 1. The smallest absolute Gasteiger partial charge is 0.248 e. The number of hydrogen-bond acceptors (Lipinski definition) is 1. The van der Waals surface area contributed by atoms with Crippen molar-refractivity contribution in [2.45, 2.75) is 27.2 Å². The fourth-order valence-corrected chi connectivity index (χ4v) is 2.59. The summed E-state index contributed by atoms with van der Waals surface area (Å²) < 4.78 is 0. The van der Waals surface area contributed by atoms with E-state index in [4.69, 9.17) is 5.73 Å². The SMILES string of the molecule is C/C(=C/C=C(\C)c1ccccc1C)Cc1cccc(C(N)=O)c1. The Morgan fingerprint density at radius 3 is 2.48 bits per heavy atom. The molecule has 2 heteroatoms. The number of rotatable bonds is 5. The van der Waals surface area contributed by atoms with Crippen molar-refractivity contribution >= 4 is 11.5 Å². The van der Waals surface area contributed by atoms with Gasteiger partial charge in [-0.3, -0.25) is 4.79 Å². The van der Waals surface area contributed by atoms with Crippen LogP contribution in [0.1, 0.15) is 40.9 Å². The molecule has 0 heterocycles. The van der Waals surface area contributed by atoms with E-state index in [1.807, 2.05) is 18.2 Å². The Bertz CT molecular complexity index is 769. The predicted octanol–water partition coefficient (Wildman–Crippen LogP) is 4.69. The summed E-state index contributed by atoms with van der Waals surface area (Å²) in [5.74, 6) is -0.385. The van der Waals surface area contributed by atoms with Crippen LogP contribution in [0.5, 0.6) is 0 Å². The number of primary amides is 1. The average molecular weight is 305 g/mol. The number of amides is 1. The fourth-order valence-electron chi connectivity index (χ4n) is 2.59. The van der Waals surface area contributed by atoms with Gasteiger partial charge in [0.05, 0.1) is 0 Å². The van der Waals surface area contributed by atoms with E-state index in [0.717, 1.165) is 12.0 Å². The van der Waals surface area contributed by atoms with Gasteiger partial charge in [0.15, 0.2) is 0 Å². The molecule has 118 valence electrons. The number of benzene rings is 2. The predicted molar refractivity (Wildman–Crippen MR) is 97.3 cm³/mol. The van der Waals surface area contributed by atoms with E-state index < -0.39 is 0 Å². The number of carbonyl (C=O) groups is 1. The van der Waals surface area contributed by atoms with Crippen LogP contribution in [0.3, 0.4) is 0 Å². The second-order valence-electron chi connectivity index (χ2n) is 5.92. The van der Waals surface area contributed by atoms with E-state index in [-0.39, 0.29) is 5.91 Å². The summed E-state index contributed by atoms with van der Waals surface area (Å²) >= 11 is 0. The molecule has 0 bridgehead atoms. The normalized spacial score (nSPS) is 12.3. The van der Waals surface area contributed by atoms with E-state index in [2.05, 4.69) is 57.2 Å². The van der Waals surface area contributed by atoms with Gasteiger partial charge in [0.2, 0.25) is 5.91 Å². The molecular weight excluding hydrogens is 282 g/mol. The molecule has 2 aromatic carbocycles. The van der Waals surface area contributed by atoms with Crippen LogP contribution in [-0.4, -0.2) is 5.91 Å². The van der Waals surface area contributed by atoms with Crippen molar-refractivity contribution in [1.82, 2.24) is 0 Å². The summed E-state index contributed by atoms with van der Waals surface area (Å²) in [6.45, 7) is 6.34. The van der Waals surface area contributed by atoms with Gasteiger partial charge in [-0.2, -0.15) is 0 Å². The zero-order valence-electron chi connectivity index (χ0n) is 14.0. The molecule has 0 aliphatic rings. The Labute approximate surface area is 138 Å². The van der Waals surface area contributed by atoms with Crippen LogP contribution in [0.2, 0.25) is 0 Å². The molecule has 1 amide bonds. The van der Waals surface area contributed by atoms with E-state index in [1.165, 1.54) is 22.3 Å². The van der Waals surface area contributed by atoms with Crippen molar-refractivity contribution in [3.63, 3.8) is 0 Å². The standard InChI is InChI=1S/C21H23NO/c1-15(13-18-8-6-9-19(14-18)21(22)23)11-12-17(3)20-10-5-4-7-16(20)2/h4-12,14H,13H2,1-3H3,(H2,22,23)/b15-11-,17-12+. The first-order valence-electron chi connectivity index (χ1n) is 7.76. The molecule has 2 rings (SSSR count). The van der Waals surface area contributed by atoms with Gasteiger partial charge in [0.1, 0.15) is 0 Å². The zero-order chi connectivity index (χ0) is 16.8. The van der Waals surface area contributed by atoms with Gasteiger partial charge in [-0.05, 0) is 61.6 Å². The van der Waals surface area contributed by atoms with Crippen molar-refractivity contribution in [3.05, 3.63) is 88.5 Å². The first kappa shape index (κ1) is 16.8. The van der Waals surface area contributed by atoms with Crippen LogP contribution >= 0.6 is 0 Å². The third-order valence-corrected chi connectivity index (χ3v) is 3.88. The molecule has 2 nitrogen and oxygen atoms in total. The van der Waals surface area contributed by atoms with Crippen LogP contribution in [0, 0.1) is 6.92 Å². The van der Waals surface area contributed by atoms with E-state index >= 15 is 0 Å². The Morgan fingerprint density at radius 1 is 1.04 bits per heavy atom. The second-order valence-corrected chi connectivity index (χ2v) is 5.92. The van der Waals surface area contributed by atoms with Crippen LogP contribution in [0.4, 0.5) is 0 Å². The number of nitrogens with two attached hydrogens (primary N) is 1. The third kappa shape index (κ3) is 4.68. The molecule has 0 aliphatic heterocycles. The van der Waals surface area contributed by atoms with Crippen LogP contribution in [0.15, 0.2) is 66.3 Å². The first-order valence-corrected chi connectivity index (χ1v) is 7.76. The zero-order valence-corrected chi connectivity index (χ0v) is 14.0. The highest BCUT2D eigenvalue weighted by Gasteiger charge is 2.02. The summed E-state index contributed by atoms with van der Waals surface area (Å²) in [6, 6.07) is 15.9. The lowest BCUT2D eigenvalue weighted by atomic mass is 10.00. The van der Waals surface area contributed by atoms with Gasteiger partial charge in [0, 0.05) is 5.56 Å². The maximum absolute atomic E-state index is 11.2. The van der Waals surface area contributed by atoms with Crippen molar-refractivity contribution in [1.29, 1.82) is 0 Å². The molecule has 0 saturated carbocycles. The lowest BCUT2D eigenvalue weighted by molar-refractivity contribution is 0.1000. The van der Waals surface area contributed by atoms with Crippen LogP contribution in [0.25, 0.3) is 5.57 Å². The molecule has 2 aromatic rings. The minimum absolute atomic E-state index is 0.385. The summed E-state index contributed by atoms with van der Waals surface area (Å²) in [5, 5.41) is 0. The molecular formula is C21H23NO. The maximum Gasteiger partial charge on any atom is 0.248 e. The molecule has 2 N–H and O–H groups in total. The minimum atomic E-state index is -0.385. The van der Waals surface area contributed by atoms with Crippen LogP contribution < -0.4 is 5.73 Å². The molecule has 0 saturated heterocycles. The van der Waals surface area contributed by atoms with Crippen molar-refractivity contribution < 1.29 is 4.79 Å². The largest absolute Gasteiger partial charge is 0.366 e. The summed E-state index contributed by atoms with van der Waals surface area (Å²) in [7, 11) is 0. The molecule has 0 atom stereocenters. The Kier molecular flexibility index (Phi) is 5.53. The lowest BCUT2D eigenvalue weighted by Gasteiger charge is -2.06. The number of aryl methyl sites for hydroxylation is 1. The van der Waals surface area contributed by atoms with Gasteiger partial charge >= 0.3 is 0 Å². The van der Waals surface area contributed by atoms with Gasteiger partial charge in [-0.1, -0.05) is 54.1 Å². The highest BCUT2D eigenvalue weighted by Crippen LogP contribution is 2.18. The Morgan fingerprint density at radius 2 is 1.78 bits per heavy atom. The molecule has 0 unspecified atom stereocenters. The average Bonchev–Trinajstić information content (AvgIpc) is 2.53. The molecule has 0 radical (unpaired) electrons. The third-order valence-electron chi connectivity index (χ3n) is 3.88. The number of allylic oxidation sites excluding steroid dienone is 4. The van der Waals surface area contributed by atoms with Crippen molar-refractivity contribution in [2.24, 2.45) is 5.73 Å². The minimum Gasteiger partial charge on any atom is -0.366 e. The lowest BCUT2D eigenvalue weighted by Crippen LogP contribution is -2.10. The molecule has 0 fully saturated rings. The Balaban J connectivity index is 2.14. The van der Waals surface area contributed by atoms with E-state index in [9.17, 15) is 4.79 Å². The first-order chi connectivity index (χ1) is 11.0. The van der Waals surface area contributed by atoms with E-state index in [1.54, 1.807) is 6.07 Å². The fraction of sp³-hybridized carbons (Fsp3) is 0.190. The maximum atomic E-state index is 11.2. The summed E-state index contributed by atoms with van der Waals surface area (Å²) in [4.78, 5) is 11.2. The molecule has 0 aliphatic carbocycles. The van der Waals surface area contributed by atoms with E-state index in [0.29, 0.717) is 5.56 Å². The van der Waals surface area contributed by atoms with Crippen molar-refractivity contribution in [2.75, 3.05) is 0 Å². The van der Waals surface area contributed by atoms with Crippen LogP contribution in [-0.2, 0) is 6.42 Å². The van der Waals surface area contributed by atoms with Crippen molar-refractivity contribution in [3.8, 4) is 0 Å². The highest BCUT2D eigenvalue weighted by molar-refractivity contribution is 5.92. The van der Waals surface area contributed by atoms with Gasteiger partial charge in [-0.15, -0.1) is 0 Å². The monoisotopic (exact) mass is 305 g/mol. The van der Waals surface area contributed by atoms with Gasteiger partial charge in [-0.25, -0.2) is 0 Å². The number of hydrogen-bond donors (Lipinski definition) is 1. The quantitative estimate of drug-likeness (QED) is 0.800. The topological polar surface area (TPSA) is 43.1 Å². The summed E-state index contributed by atoms with van der Waals surface area (Å²) in [5.41, 5.74) is 12.0.